The third-order valence-electron chi connectivity index (χ3n) is 2.94. The molecule has 0 radical (unpaired) electrons. The quantitative estimate of drug-likeness (QED) is 0.358. The summed E-state index contributed by atoms with van der Waals surface area (Å²) < 4.78 is 4.55. The highest BCUT2D eigenvalue weighted by Gasteiger charge is 2.15. The Labute approximate surface area is 124 Å². The number of ether oxygens (including phenoxy) is 1. The van der Waals surface area contributed by atoms with E-state index in [0.29, 0.717) is 6.42 Å². The topological polar surface area (TPSA) is 55.4 Å². The molecule has 0 heterocycles. The fourth-order valence-corrected chi connectivity index (χ4v) is 2.09. The summed E-state index contributed by atoms with van der Waals surface area (Å²) in [5.41, 5.74) is 0. The monoisotopic (exact) mass is 335 g/mol. The summed E-state index contributed by atoms with van der Waals surface area (Å²) in [6.45, 7) is 2.48. The van der Waals surface area contributed by atoms with Crippen molar-refractivity contribution in [2.24, 2.45) is 0 Å². The van der Waals surface area contributed by atoms with Gasteiger partial charge in [-0.2, -0.15) is 0 Å². The van der Waals surface area contributed by atoms with Crippen LogP contribution in [0.5, 0.6) is 0 Å². The number of nitrogens with one attached hydrogen (secondary N) is 1. The highest BCUT2D eigenvalue weighted by Crippen LogP contribution is 2.08. The molecular formula is C14H26BrNO3. The zero-order chi connectivity index (χ0) is 14.5. The van der Waals surface area contributed by atoms with Crippen molar-refractivity contribution < 1.29 is 14.3 Å². The van der Waals surface area contributed by atoms with E-state index in [4.69, 9.17) is 0 Å². The van der Waals surface area contributed by atoms with Gasteiger partial charge < -0.3 is 10.1 Å². The predicted octanol–water partition coefficient (Wildman–Crippen LogP) is 3.18. The van der Waals surface area contributed by atoms with E-state index in [1.165, 1.54) is 39.2 Å². The van der Waals surface area contributed by atoms with E-state index in [1.807, 2.05) is 0 Å². The van der Waals surface area contributed by atoms with E-state index in [0.717, 1.165) is 12.8 Å². The van der Waals surface area contributed by atoms with Crippen LogP contribution >= 0.6 is 15.9 Å². The number of hydrogen-bond acceptors (Lipinski definition) is 3. The Balaban J connectivity index is 3.42. The van der Waals surface area contributed by atoms with Crippen molar-refractivity contribution >= 4 is 27.8 Å². The van der Waals surface area contributed by atoms with Crippen molar-refractivity contribution in [3.8, 4) is 0 Å². The van der Waals surface area contributed by atoms with Crippen LogP contribution in [0.25, 0.3) is 0 Å². The van der Waals surface area contributed by atoms with Gasteiger partial charge in [-0.15, -0.1) is 0 Å². The normalized spacial score (nSPS) is 11.9. The average molecular weight is 336 g/mol. The molecule has 0 bridgehead atoms. The SMILES string of the molecule is CCCCCCCCCC(=O)NCC(Br)C(=O)OC. The van der Waals surface area contributed by atoms with Crippen molar-refractivity contribution in [3.63, 3.8) is 0 Å². The summed E-state index contributed by atoms with van der Waals surface area (Å²) in [6, 6.07) is 0. The van der Waals surface area contributed by atoms with Crippen LogP contribution in [0.4, 0.5) is 0 Å². The minimum absolute atomic E-state index is 0.00177. The maximum absolute atomic E-state index is 11.5. The highest BCUT2D eigenvalue weighted by molar-refractivity contribution is 9.10. The third kappa shape index (κ3) is 11.0. The first-order chi connectivity index (χ1) is 9.11. The number of esters is 1. The minimum Gasteiger partial charge on any atom is -0.468 e. The summed E-state index contributed by atoms with van der Waals surface area (Å²) >= 11 is 3.16. The van der Waals surface area contributed by atoms with E-state index in [2.05, 4.69) is 32.9 Å². The first-order valence-electron chi connectivity index (χ1n) is 7.10. The van der Waals surface area contributed by atoms with Crippen LogP contribution in [-0.4, -0.2) is 30.4 Å². The molecule has 4 nitrogen and oxygen atoms in total. The molecule has 112 valence electrons. The van der Waals surface area contributed by atoms with Crippen LogP contribution in [0.2, 0.25) is 0 Å². The van der Waals surface area contributed by atoms with E-state index >= 15 is 0 Å². The van der Waals surface area contributed by atoms with E-state index in [9.17, 15) is 9.59 Å². The van der Waals surface area contributed by atoms with Crippen LogP contribution in [0.1, 0.15) is 58.3 Å². The second-order valence-electron chi connectivity index (χ2n) is 4.67. The Morgan fingerprint density at radius 2 is 1.68 bits per heavy atom. The van der Waals surface area contributed by atoms with Gasteiger partial charge in [0.25, 0.3) is 0 Å². The molecule has 1 N–H and O–H groups in total. The highest BCUT2D eigenvalue weighted by atomic mass is 79.9. The number of amides is 1. The maximum Gasteiger partial charge on any atom is 0.321 e. The van der Waals surface area contributed by atoms with Gasteiger partial charge in [0.05, 0.1) is 7.11 Å². The summed E-state index contributed by atoms with van der Waals surface area (Å²) in [5.74, 6) is -0.363. The van der Waals surface area contributed by atoms with Crippen molar-refractivity contribution in [2.45, 2.75) is 63.1 Å². The van der Waals surface area contributed by atoms with Crippen molar-refractivity contribution in [1.29, 1.82) is 0 Å². The van der Waals surface area contributed by atoms with Crippen molar-refractivity contribution in [2.75, 3.05) is 13.7 Å². The Kier molecular flexibility index (Phi) is 12.1. The van der Waals surface area contributed by atoms with Gasteiger partial charge in [-0.05, 0) is 6.42 Å². The first-order valence-corrected chi connectivity index (χ1v) is 8.02. The predicted molar refractivity (Wildman–Crippen MR) is 80.4 cm³/mol. The third-order valence-corrected chi connectivity index (χ3v) is 3.64. The van der Waals surface area contributed by atoms with Crippen LogP contribution < -0.4 is 5.32 Å². The lowest BCUT2D eigenvalue weighted by atomic mass is 10.1. The Bertz CT molecular complexity index is 259. The molecule has 1 atom stereocenters. The van der Waals surface area contributed by atoms with Gasteiger partial charge in [0.1, 0.15) is 4.83 Å². The summed E-state index contributed by atoms with van der Waals surface area (Å²) in [6.07, 6.45) is 8.89. The molecule has 19 heavy (non-hydrogen) atoms. The van der Waals surface area contributed by atoms with Gasteiger partial charge >= 0.3 is 5.97 Å². The average Bonchev–Trinajstić information content (AvgIpc) is 2.42. The molecule has 1 amide bonds. The second-order valence-corrected chi connectivity index (χ2v) is 5.77. The van der Waals surface area contributed by atoms with Crippen LogP contribution in [0.15, 0.2) is 0 Å². The fraction of sp³-hybridized carbons (Fsp3) is 0.857. The lowest BCUT2D eigenvalue weighted by Gasteiger charge is -2.09. The van der Waals surface area contributed by atoms with Gasteiger partial charge in [0.15, 0.2) is 0 Å². The lowest BCUT2D eigenvalue weighted by molar-refractivity contribution is -0.139. The van der Waals surface area contributed by atoms with Crippen LogP contribution in [0, 0.1) is 0 Å². The molecule has 0 aromatic carbocycles. The molecule has 0 saturated carbocycles. The molecular weight excluding hydrogens is 310 g/mol. The van der Waals surface area contributed by atoms with Crippen molar-refractivity contribution in [3.05, 3.63) is 0 Å². The summed E-state index contributed by atoms with van der Waals surface area (Å²) in [7, 11) is 1.33. The molecule has 0 aromatic rings. The number of rotatable bonds is 11. The standard InChI is InChI=1S/C14H26BrNO3/c1-3-4-5-6-7-8-9-10-13(17)16-11-12(15)14(18)19-2/h12H,3-11H2,1-2H3,(H,16,17). The molecule has 1 unspecified atom stereocenters. The molecule has 0 rings (SSSR count). The fourth-order valence-electron chi connectivity index (χ4n) is 1.75. The van der Waals surface area contributed by atoms with Crippen LogP contribution in [0.3, 0.4) is 0 Å². The molecule has 0 aliphatic carbocycles. The summed E-state index contributed by atoms with van der Waals surface area (Å²) in [4.78, 5) is 22.1. The number of unbranched alkanes of at least 4 members (excludes halogenated alkanes) is 6. The van der Waals surface area contributed by atoms with Crippen molar-refractivity contribution in [1.82, 2.24) is 5.32 Å². The minimum atomic E-state index is -0.463. The van der Waals surface area contributed by atoms with Gasteiger partial charge in [0.2, 0.25) is 5.91 Å². The second kappa shape index (κ2) is 12.5. The van der Waals surface area contributed by atoms with E-state index < -0.39 is 4.83 Å². The molecule has 0 aromatic heterocycles. The number of carbonyl (C=O) groups excluding carboxylic acids is 2. The molecule has 0 saturated heterocycles. The molecule has 0 fully saturated rings. The Hall–Kier alpha value is -0.580. The number of hydrogen-bond donors (Lipinski definition) is 1. The number of halogens is 1. The lowest BCUT2D eigenvalue weighted by Crippen LogP contribution is -2.33. The van der Waals surface area contributed by atoms with E-state index in [-0.39, 0.29) is 18.4 Å². The molecule has 0 aliphatic heterocycles. The number of methoxy groups -OCH3 is 1. The maximum atomic E-state index is 11.5. The van der Waals surface area contributed by atoms with Crippen LogP contribution in [-0.2, 0) is 14.3 Å². The Morgan fingerprint density at radius 1 is 1.11 bits per heavy atom. The molecule has 0 spiro atoms. The zero-order valence-corrected chi connectivity index (χ0v) is 13.6. The van der Waals surface area contributed by atoms with Gasteiger partial charge in [0, 0.05) is 13.0 Å². The van der Waals surface area contributed by atoms with E-state index in [1.54, 1.807) is 0 Å². The number of alkyl halides is 1. The zero-order valence-electron chi connectivity index (χ0n) is 12.0. The first kappa shape index (κ1) is 18.4. The van der Waals surface area contributed by atoms with Gasteiger partial charge in [-0.25, -0.2) is 0 Å². The van der Waals surface area contributed by atoms with Gasteiger partial charge in [-0.1, -0.05) is 61.4 Å². The molecule has 5 heteroatoms. The largest absolute Gasteiger partial charge is 0.468 e. The Morgan fingerprint density at radius 3 is 2.26 bits per heavy atom. The van der Waals surface area contributed by atoms with Gasteiger partial charge in [-0.3, -0.25) is 9.59 Å². The summed E-state index contributed by atoms with van der Waals surface area (Å²) in [5, 5.41) is 2.72. The smallest absolute Gasteiger partial charge is 0.321 e. The molecule has 0 aliphatic rings. The number of carbonyl (C=O) groups is 2.